The summed E-state index contributed by atoms with van der Waals surface area (Å²) >= 11 is 8.41. The van der Waals surface area contributed by atoms with Crippen molar-refractivity contribution in [1.29, 1.82) is 0 Å². The van der Waals surface area contributed by atoms with E-state index in [0.717, 1.165) is 35.4 Å². The van der Waals surface area contributed by atoms with E-state index < -0.39 is 0 Å². The van der Waals surface area contributed by atoms with Crippen LogP contribution in [-0.4, -0.2) is 52.2 Å². The number of anilines is 1. The number of rotatable bonds is 3. The first-order valence-electron chi connectivity index (χ1n) is 7.89. The number of nitrogens with zero attached hydrogens (tertiary/aromatic N) is 2. The van der Waals surface area contributed by atoms with E-state index in [9.17, 15) is 4.79 Å². The van der Waals surface area contributed by atoms with E-state index in [4.69, 9.17) is 17.0 Å². The highest BCUT2D eigenvalue weighted by atomic mass is 32.2. The van der Waals surface area contributed by atoms with Crippen LogP contribution in [0.4, 0.5) is 5.13 Å². The van der Waals surface area contributed by atoms with Crippen LogP contribution >= 0.6 is 35.3 Å². The minimum atomic E-state index is -0.0373. The van der Waals surface area contributed by atoms with Gasteiger partial charge in [-0.2, -0.15) is 0 Å². The van der Waals surface area contributed by atoms with Crippen LogP contribution in [0.15, 0.2) is 0 Å². The second kappa shape index (κ2) is 7.92. The van der Waals surface area contributed by atoms with Crippen molar-refractivity contribution in [2.75, 3.05) is 37.4 Å². The van der Waals surface area contributed by atoms with Gasteiger partial charge in [-0.25, -0.2) is 4.98 Å². The van der Waals surface area contributed by atoms with E-state index >= 15 is 0 Å². The largest absolute Gasteiger partial charge is 0.378 e. The number of morpholine rings is 1. The predicted octanol–water partition coefficient (Wildman–Crippen LogP) is 2.56. The average Bonchev–Trinajstić information content (AvgIpc) is 2.94. The number of amides is 1. The van der Waals surface area contributed by atoms with Gasteiger partial charge >= 0.3 is 0 Å². The molecule has 1 fully saturated rings. The second-order valence-electron chi connectivity index (χ2n) is 5.94. The molecular formula is C15H21N3O2S3. The molecule has 1 N–H and O–H groups in total. The maximum Gasteiger partial charge on any atom is 0.236 e. The Hall–Kier alpha value is -0.700. The Labute approximate surface area is 150 Å². The van der Waals surface area contributed by atoms with Crippen molar-refractivity contribution in [2.45, 2.75) is 26.2 Å². The Balaban J connectivity index is 1.47. The third-order valence-corrected chi connectivity index (χ3v) is 6.59. The molecule has 0 radical (unpaired) electrons. The number of ether oxygens (including phenoxy) is 1. The number of hydrogen-bond donors (Lipinski definition) is 1. The topological polar surface area (TPSA) is 54.5 Å². The van der Waals surface area contributed by atoms with Gasteiger partial charge < -0.3 is 15.0 Å². The van der Waals surface area contributed by atoms with Crippen molar-refractivity contribution in [3.05, 3.63) is 10.6 Å². The molecule has 126 valence electrons. The van der Waals surface area contributed by atoms with Crippen molar-refractivity contribution in [2.24, 2.45) is 5.92 Å². The quantitative estimate of drug-likeness (QED) is 0.824. The van der Waals surface area contributed by atoms with E-state index in [0.29, 0.717) is 24.9 Å². The van der Waals surface area contributed by atoms with Gasteiger partial charge in [-0.1, -0.05) is 30.9 Å². The molecule has 0 bridgehead atoms. The molecule has 8 heteroatoms. The van der Waals surface area contributed by atoms with Crippen LogP contribution in [0.2, 0.25) is 0 Å². The standard InChI is InChI=1S/C15H21N3O2S3/c1-10-2-3-11-12(8-10)23-14(16-11)17-13(19)9-22-15(21)18-4-6-20-7-5-18/h10H,2-9H2,1H3,(H,16,17,19)/t10-/m0/s1. The fourth-order valence-electron chi connectivity index (χ4n) is 2.71. The lowest BCUT2D eigenvalue weighted by Crippen LogP contribution is -2.39. The van der Waals surface area contributed by atoms with Gasteiger partial charge in [-0.3, -0.25) is 4.79 Å². The van der Waals surface area contributed by atoms with E-state index in [2.05, 4.69) is 22.1 Å². The Morgan fingerprint density at radius 1 is 1.52 bits per heavy atom. The third kappa shape index (κ3) is 4.65. The van der Waals surface area contributed by atoms with Crippen molar-refractivity contribution >= 4 is 50.7 Å². The molecule has 0 aromatic carbocycles. The molecule has 1 aliphatic heterocycles. The van der Waals surface area contributed by atoms with Gasteiger partial charge in [0, 0.05) is 18.0 Å². The molecule has 0 spiro atoms. The Bertz CT molecular complexity index is 585. The zero-order valence-electron chi connectivity index (χ0n) is 13.2. The third-order valence-electron chi connectivity index (χ3n) is 4.03. The van der Waals surface area contributed by atoms with Crippen LogP contribution in [0.5, 0.6) is 0 Å². The lowest BCUT2D eigenvalue weighted by molar-refractivity contribution is -0.113. The molecule has 1 aliphatic carbocycles. The maximum atomic E-state index is 12.1. The molecule has 1 amide bonds. The zero-order valence-corrected chi connectivity index (χ0v) is 15.6. The van der Waals surface area contributed by atoms with Crippen LogP contribution in [0.1, 0.15) is 23.9 Å². The number of fused-ring (bicyclic) bond motifs is 1. The smallest absolute Gasteiger partial charge is 0.236 e. The fourth-order valence-corrected chi connectivity index (χ4v) is 4.95. The number of carbonyl (C=O) groups excluding carboxylic acids is 1. The number of carbonyl (C=O) groups is 1. The predicted molar refractivity (Wildman–Crippen MR) is 99.4 cm³/mol. The number of thiazole rings is 1. The van der Waals surface area contributed by atoms with Gasteiger partial charge in [0.15, 0.2) is 5.13 Å². The van der Waals surface area contributed by atoms with E-state index in [1.165, 1.54) is 28.8 Å². The second-order valence-corrected chi connectivity index (χ2v) is 8.63. The highest BCUT2D eigenvalue weighted by Gasteiger charge is 2.21. The van der Waals surface area contributed by atoms with Crippen molar-refractivity contribution in [3.8, 4) is 0 Å². The maximum absolute atomic E-state index is 12.1. The Kier molecular flexibility index (Phi) is 5.90. The molecule has 3 rings (SSSR count). The number of thioether (sulfide) groups is 1. The van der Waals surface area contributed by atoms with Gasteiger partial charge in [0.05, 0.1) is 24.7 Å². The summed E-state index contributed by atoms with van der Waals surface area (Å²) in [5.41, 5.74) is 1.17. The molecule has 23 heavy (non-hydrogen) atoms. The van der Waals surface area contributed by atoms with Crippen LogP contribution in [0.25, 0.3) is 0 Å². The van der Waals surface area contributed by atoms with Crippen LogP contribution < -0.4 is 5.32 Å². The average molecular weight is 372 g/mol. The summed E-state index contributed by atoms with van der Waals surface area (Å²) in [6.07, 6.45) is 3.30. The fraction of sp³-hybridized carbons (Fsp3) is 0.667. The lowest BCUT2D eigenvalue weighted by Gasteiger charge is -2.28. The van der Waals surface area contributed by atoms with Crippen LogP contribution in [0, 0.1) is 5.92 Å². The van der Waals surface area contributed by atoms with Crippen molar-refractivity contribution in [1.82, 2.24) is 9.88 Å². The number of nitrogens with one attached hydrogen (secondary N) is 1. The Morgan fingerprint density at radius 2 is 2.30 bits per heavy atom. The van der Waals surface area contributed by atoms with Gasteiger partial charge in [0.2, 0.25) is 5.91 Å². The van der Waals surface area contributed by atoms with Crippen LogP contribution in [0.3, 0.4) is 0 Å². The first-order valence-corrected chi connectivity index (χ1v) is 10.1. The van der Waals surface area contributed by atoms with Crippen molar-refractivity contribution in [3.63, 3.8) is 0 Å². The number of aryl methyl sites for hydroxylation is 1. The minimum absolute atomic E-state index is 0.0373. The van der Waals surface area contributed by atoms with E-state index in [1.807, 2.05) is 0 Å². The van der Waals surface area contributed by atoms with Gasteiger partial charge in [-0.15, -0.1) is 11.3 Å². The summed E-state index contributed by atoms with van der Waals surface area (Å²) in [5.74, 6) is 1.01. The molecule has 1 aromatic heterocycles. The molecular weight excluding hydrogens is 350 g/mol. The molecule has 1 aromatic rings. The van der Waals surface area contributed by atoms with Gasteiger partial charge in [0.1, 0.15) is 4.32 Å². The van der Waals surface area contributed by atoms with Crippen LogP contribution in [-0.2, 0) is 22.4 Å². The molecule has 1 atom stereocenters. The van der Waals surface area contributed by atoms with E-state index in [-0.39, 0.29) is 5.91 Å². The summed E-state index contributed by atoms with van der Waals surface area (Å²) in [6, 6.07) is 0. The number of hydrogen-bond acceptors (Lipinski definition) is 6. The Morgan fingerprint density at radius 3 is 3.09 bits per heavy atom. The van der Waals surface area contributed by atoms with Gasteiger partial charge in [-0.05, 0) is 25.2 Å². The molecule has 2 aliphatic rings. The summed E-state index contributed by atoms with van der Waals surface area (Å²) in [7, 11) is 0. The highest BCUT2D eigenvalue weighted by molar-refractivity contribution is 8.23. The first-order chi connectivity index (χ1) is 11.1. The summed E-state index contributed by atoms with van der Waals surface area (Å²) < 4.78 is 6.08. The first kappa shape index (κ1) is 17.1. The van der Waals surface area contributed by atoms with Crippen molar-refractivity contribution < 1.29 is 9.53 Å². The van der Waals surface area contributed by atoms with Gasteiger partial charge in [0.25, 0.3) is 0 Å². The number of thiocarbonyl (C=S) groups is 1. The highest BCUT2D eigenvalue weighted by Crippen LogP contribution is 2.32. The summed E-state index contributed by atoms with van der Waals surface area (Å²) in [6.45, 7) is 5.30. The molecule has 1 saturated heterocycles. The normalized spacial score (nSPS) is 20.9. The van der Waals surface area contributed by atoms with E-state index in [1.54, 1.807) is 11.3 Å². The molecule has 0 unspecified atom stereocenters. The zero-order chi connectivity index (χ0) is 16.2. The lowest BCUT2D eigenvalue weighted by atomic mass is 9.93. The summed E-state index contributed by atoms with van der Waals surface area (Å²) in [4.78, 5) is 20.1. The SMILES string of the molecule is C[C@H]1CCc2nc(NC(=O)CSC(=S)N3CCOCC3)sc2C1. The molecule has 0 saturated carbocycles. The monoisotopic (exact) mass is 371 g/mol. The molecule has 2 heterocycles. The number of aromatic nitrogens is 1. The molecule has 5 nitrogen and oxygen atoms in total. The minimum Gasteiger partial charge on any atom is -0.378 e. The summed E-state index contributed by atoms with van der Waals surface area (Å²) in [5, 5.41) is 3.65.